The van der Waals surface area contributed by atoms with E-state index in [0.717, 1.165) is 29.8 Å². The number of fused-ring (bicyclic) bond motifs is 1. The van der Waals surface area contributed by atoms with E-state index in [1.807, 2.05) is 12.1 Å². The van der Waals surface area contributed by atoms with E-state index < -0.39 is 0 Å². The van der Waals surface area contributed by atoms with Crippen molar-refractivity contribution in [3.63, 3.8) is 0 Å². The summed E-state index contributed by atoms with van der Waals surface area (Å²) in [5.41, 5.74) is 2.56. The number of nitrogens with one attached hydrogen (secondary N) is 2. The third kappa shape index (κ3) is 2.67. The molecule has 0 atom stereocenters. The summed E-state index contributed by atoms with van der Waals surface area (Å²) in [6, 6.07) is 3.82. The summed E-state index contributed by atoms with van der Waals surface area (Å²) in [7, 11) is 0. The average Bonchev–Trinajstić information content (AvgIpc) is 2.42. The third-order valence-electron chi connectivity index (χ3n) is 3.42. The molecule has 0 saturated heterocycles. The molecule has 0 unspecified atom stereocenters. The lowest BCUT2D eigenvalue weighted by Crippen LogP contribution is -2.35. The molecule has 0 spiro atoms. The van der Waals surface area contributed by atoms with Gasteiger partial charge in [-0.1, -0.05) is 17.7 Å². The molecule has 2 N–H and O–H groups in total. The number of aromatic amines is 2. The van der Waals surface area contributed by atoms with Crippen LogP contribution in [0.25, 0.3) is 0 Å². The van der Waals surface area contributed by atoms with Crippen LogP contribution in [0, 0.1) is 4.77 Å². The van der Waals surface area contributed by atoms with Crippen LogP contribution in [0.15, 0.2) is 23.1 Å². The number of rotatable bonds is 2. The maximum absolute atomic E-state index is 11.9. The Balaban J connectivity index is 1.84. The average molecular weight is 309 g/mol. The van der Waals surface area contributed by atoms with Crippen LogP contribution in [0.3, 0.4) is 0 Å². The fourth-order valence-electron chi connectivity index (χ4n) is 2.43. The molecule has 7 heteroatoms. The SMILES string of the molecule is O=c1[nH]c(=S)[nH]c2c1CN(Cc1cccnc1Cl)CC2. The lowest BCUT2D eigenvalue weighted by molar-refractivity contribution is 0.241. The van der Waals surface area contributed by atoms with Gasteiger partial charge in [0.2, 0.25) is 0 Å². The van der Waals surface area contributed by atoms with Gasteiger partial charge >= 0.3 is 0 Å². The van der Waals surface area contributed by atoms with Crippen molar-refractivity contribution in [2.75, 3.05) is 6.54 Å². The second kappa shape index (κ2) is 5.47. The maximum atomic E-state index is 11.9. The highest BCUT2D eigenvalue weighted by molar-refractivity contribution is 7.71. The van der Waals surface area contributed by atoms with Crippen molar-refractivity contribution < 1.29 is 0 Å². The van der Waals surface area contributed by atoms with Crippen molar-refractivity contribution >= 4 is 23.8 Å². The first-order valence-electron chi connectivity index (χ1n) is 6.29. The standard InChI is InChI=1S/C13H13ClN4OS/c14-11-8(2-1-4-15-11)6-18-5-3-10-9(7-18)12(19)17-13(20)16-10/h1-2,4H,3,5-7H2,(H2,16,17,19,20). The lowest BCUT2D eigenvalue weighted by atomic mass is 10.1. The molecule has 0 radical (unpaired) electrons. The minimum Gasteiger partial charge on any atom is -0.335 e. The molecule has 3 rings (SSSR count). The van der Waals surface area contributed by atoms with Crippen LogP contribution in [0.4, 0.5) is 0 Å². The Labute approximate surface area is 125 Å². The van der Waals surface area contributed by atoms with Crippen molar-refractivity contribution in [1.82, 2.24) is 19.9 Å². The number of H-pyrrole nitrogens is 2. The normalized spacial score (nSPS) is 15.1. The van der Waals surface area contributed by atoms with Gasteiger partial charge in [0.25, 0.3) is 5.56 Å². The molecule has 0 aromatic carbocycles. The van der Waals surface area contributed by atoms with Gasteiger partial charge in [-0.15, -0.1) is 0 Å². The van der Waals surface area contributed by atoms with Crippen molar-refractivity contribution in [2.24, 2.45) is 0 Å². The van der Waals surface area contributed by atoms with Crippen LogP contribution in [0.2, 0.25) is 5.15 Å². The van der Waals surface area contributed by atoms with Crippen molar-refractivity contribution in [2.45, 2.75) is 19.5 Å². The molecule has 5 nitrogen and oxygen atoms in total. The Kier molecular flexibility index (Phi) is 3.69. The van der Waals surface area contributed by atoms with E-state index in [2.05, 4.69) is 19.9 Å². The minimum atomic E-state index is -0.106. The second-order valence-corrected chi connectivity index (χ2v) is 5.55. The fraction of sp³-hybridized carbons (Fsp3) is 0.308. The molecule has 0 bridgehead atoms. The van der Waals surface area contributed by atoms with Crippen molar-refractivity contribution in [1.29, 1.82) is 0 Å². The zero-order valence-corrected chi connectivity index (χ0v) is 12.2. The van der Waals surface area contributed by atoms with E-state index in [1.54, 1.807) is 6.20 Å². The number of halogens is 1. The molecular formula is C13H13ClN4OS. The number of pyridine rings is 1. The number of hydrogen-bond donors (Lipinski definition) is 2. The highest BCUT2D eigenvalue weighted by atomic mass is 35.5. The van der Waals surface area contributed by atoms with Crippen LogP contribution < -0.4 is 5.56 Å². The summed E-state index contributed by atoms with van der Waals surface area (Å²) in [6.45, 7) is 2.12. The predicted molar refractivity (Wildman–Crippen MR) is 79.3 cm³/mol. The quantitative estimate of drug-likeness (QED) is 0.658. The van der Waals surface area contributed by atoms with Gasteiger partial charge in [-0.3, -0.25) is 14.7 Å². The molecule has 1 aliphatic heterocycles. The van der Waals surface area contributed by atoms with E-state index in [-0.39, 0.29) is 5.56 Å². The zero-order valence-electron chi connectivity index (χ0n) is 10.6. The first-order chi connectivity index (χ1) is 9.63. The molecule has 0 fully saturated rings. The van der Waals surface area contributed by atoms with Crippen LogP contribution in [-0.4, -0.2) is 26.4 Å². The fourth-order valence-corrected chi connectivity index (χ4v) is 2.82. The van der Waals surface area contributed by atoms with Crippen LogP contribution in [0.1, 0.15) is 16.8 Å². The molecule has 104 valence electrons. The lowest BCUT2D eigenvalue weighted by Gasteiger charge is -2.27. The van der Waals surface area contributed by atoms with Gasteiger partial charge < -0.3 is 4.98 Å². The van der Waals surface area contributed by atoms with Gasteiger partial charge in [-0.05, 0) is 18.3 Å². The number of hydrogen-bond acceptors (Lipinski definition) is 4. The van der Waals surface area contributed by atoms with Crippen molar-refractivity contribution in [3.8, 4) is 0 Å². The summed E-state index contributed by atoms with van der Waals surface area (Å²) in [5, 5.41) is 0.514. The van der Waals surface area contributed by atoms with Gasteiger partial charge in [0.05, 0.1) is 5.56 Å². The second-order valence-electron chi connectivity index (χ2n) is 4.78. The van der Waals surface area contributed by atoms with Gasteiger partial charge in [-0.2, -0.15) is 0 Å². The zero-order chi connectivity index (χ0) is 14.1. The Morgan fingerprint density at radius 3 is 3.10 bits per heavy atom. The molecule has 0 amide bonds. The molecule has 0 aliphatic carbocycles. The summed E-state index contributed by atoms with van der Waals surface area (Å²) < 4.78 is 0.387. The van der Waals surface area contributed by atoms with Gasteiger partial charge in [0.1, 0.15) is 5.15 Å². The van der Waals surface area contributed by atoms with E-state index in [0.29, 0.717) is 23.0 Å². The van der Waals surface area contributed by atoms with Gasteiger partial charge in [-0.25, -0.2) is 4.98 Å². The highest BCUT2D eigenvalue weighted by Crippen LogP contribution is 2.19. The van der Waals surface area contributed by atoms with Crippen LogP contribution >= 0.6 is 23.8 Å². The van der Waals surface area contributed by atoms with Gasteiger partial charge in [0.15, 0.2) is 4.77 Å². The summed E-state index contributed by atoms with van der Waals surface area (Å²) in [6.07, 6.45) is 2.45. The monoisotopic (exact) mass is 308 g/mol. The van der Waals surface area contributed by atoms with E-state index in [9.17, 15) is 4.79 Å². The third-order valence-corrected chi connectivity index (χ3v) is 3.96. The molecular weight excluding hydrogens is 296 g/mol. The summed E-state index contributed by atoms with van der Waals surface area (Å²) in [4.78, 5) is 23.9. The molecule has 0 saturated carbocycles. The molecule has 1 aliphatic rings. The van der Waals surface area contributed by atoms with Crippen LogP contribution in [-0.2, 0) is 19.5 Å². The Bertz CT molecular complexity index is 755. The molecule has 2 aromatic rings. The topological polar surface area (TPSA) is 64.8 Å². The summed E-state index contributed by atoms with van der Waals surface area (Å²) in [5.74, 6) is 0. The Morgan fingerprint density at radius 2 is 2.30 bits per heavy atom. The van der Waals surface area contributed by atoms with Crippen LogP contribution in [0.5, 0.6) is 0 Å². The Hall–Kier alpha value is -1.50. The largest absolute Gasteiger partial charge is 0.335 e. The van der Waals surface area contributed by atoms with E-state index in [1.165, 1.54) is 0 Å². The number of aromatic nitrogens is 3. The van der Waals surface area contributed by atoms with E-state index >= 15 is 0 Å². The van der Waals surface area contributed by atoms with Crippen molar-refractivity contribution in [3.05, 3.63) is 55.4 Å². The maximum Gasteiger partial charge on any atom is 0.256 e. The first kappa shape index (κ1) is 13.5. The highest BCUT2D eigenvalue weighted by Gasteiger charge is 2.20. The van der Waals surface area contributed by atoms with E-state index in [4.69, 9.17) is 23.8 Å². The number of nitrogens with zero attached hydrogens (tertiary/aromatic N) is 2. The smallest absolute Gasteiger partial charge is 0.256 e. The predicted octanol–water partition coefficient (Wildman–Crippen LogP) is 2.04. The molecule has 2 aromatic heterocycles. The minimum absolute atomic E-state index is 0.106. The first-order valence-corrected chi connectivity index (χ1v) is 7.08. The summed E-state index contributed by atoms with van der Waals surface area (Å²) >= 11 is 11.1. The Morgan fingerprint density at radius 1 is 1.45 bits per heavy atom. The molecule has 20 heavy (non-hydrogen) atoms. The molecule has 3 heterocycles. The van der Waals surface area contributed by atoms with Gasteiger partial charge in [0, 0.05) is 43.5 Å².